The van der Waals surface area contributed by atoms with Crippen molar-refractivity contribution in [2.24, 2.45) is 0 Å². The maximum atomic E-state index is 10.7. The van der Waals surface area contributed by atoms with Crippen LogP contribution in [-0.4, -0.2) is 44.8 Å². The number of piperidine rings is 1. The van der Waals surface area contributed by atoms with Crippen LogP contribution in [0, 0.1) is 0 Å². The van der Waals surface area contributed by atoms with E-state index in [1.165, 1.54) is 0 Å². The fourth-order valence-electron chi connectivity index (χ4n) is 2.82. The number of imidazole rings is 1. The first-order valence-electron chi connectivity index (χ1n) is 7.28. The standard InChI is InChI=1S/C16H21N3O2/c1-16(20)12-19(11-15-17-8-9-18-15)10-7-14(16)21-13-5-3-2-4-6-13/h2-6,8-9,14,20H,7,10-12H2,1H3,(H,17,18)/t14-,16-/m0/s1. The summed E-state index contributed by atoms with van der Waals surface area (Å²) >= 11 is 0. The van der Waals surface area contributed by atoms with Gasteiger partial charge in [-0.2, -0.15) is 0 Å². The Kier molecular flexibility index (Phi) is 3.94. The summed E-state index contributed by atoms with van der Waals surface area (Å²) in [6.07, 6.45) is 4.17. The van der Waals surface area contributed by atoms with Gasteiger partial charge in [0.25, 0.3) is 0 Å². The predicted octanol–water partition coefficient (Wildman–Crippen LogP) is 1.81. The van der Waals surface area contributed by atoms with Crippen molar-refractivity contribution in [3.8, 4) is 5.75 Å². The number of nitrogens with zero attached hydrogens (tertiary/aromatic N) is 2. The molecule has 2 heterocycles. The number of ether oxygens (including phenoxy) is 1. The first kappa shape index (κ1) is 14.1. The van der Waals surface area contributed by atoms with E-state index in [1.807, 2.05) is 43.5 Å². The number of hydrogen-bond donors (Lipinski definition) is 2. The smallest absolute Gasteiger partial charge is 0.129 e. The molecule has 2 atom stereocenters. The Hall–Kier alpha value is -1.85. The third kappa shape index (κ3) is 3.43. The molecule has 0 amide bonds. The van der Waals surface area contributed by atoms with Gasteiger partial charge in [-0.25, -0.2) is 4.98 Å². The molecule has 2 aromatic rings. The second-order valence-electron chi connectivity index (χ2n) is 5.81. The van der Waals surface area contributed by atoms with Crippen LogP contribution in [0.4, 0.5) is 0 Å². The first-order chi connectivity index (χ1) is 10.1. The molecule has 1 aromatic carbocycles. The van der Waals surface area contributed by atoms with E-state index in [1.54, 1.807) is 6.20 Å². The van der Waals surface area contributed by atoms with Crippen molar-refractivity contribution >= 4 is 0 Å². The molecule has 1 aliphatic heterocycles. The molecular weight excluding hydrogens is 266 g/mol. The number of para-hydroxylation sites is 1. The van der Waals surface area contributed by atoms with E-state index >= 15 is 0 Å². The number of benzene rings is 1. The fourth-order valence-corrected chi connectivity index (χ4v) is 2.82. The third-order valence-corrected chi connectivity index (χ3v) is 3.89. The zero-order valence-corrected chi connectivity index (χ0v) is 12.2. The molecule has 0 spiro atoms. The van der Waals surface area contributed by atoms with Crippen LogP contribution in [0.15, 0.2) is 42.7 Å². The molecule has 112 valence electrons. The Morgan fingerprint density at radius 3 is 2.90 bits per heavy atom. The summed E-state index contributed by atoms with van der Waals surface area (Å²) < 4.78 is 5.95. The number of aromatic amines is 1. The Morgan fingerprint density at radius 2 is 2.24 bits per heavy atom. The summed E-state index contributed by atoms with van der Waals surface area (Å²) in [5.41, 5.74) is -0.874. The lowest BCUT2D eigenvalue weighted by atomic mass is 9.91. The van der Waals surface area contributed by atoms with Gasteiger partial charge in [0.2, 0.25) is 0 Å². The van der Waals surface area contributed by atoms with Crippen molar-refractivity contribution in [1.29, 1.82) is 0 Å². The minimum atomic E-state index is -0.874. The SMILES string of the molecule is C[C@]1(O)CN(Cc2ncc[nH]2)CC[C@@H]1Oc1ccccc1. The molecule has 5 nitrogen and oxygen atoms in total. The molecule has 0 radical (unpaired) electrons. The zero-order valence-electron chi connectivity index (χ0n) is 12.2. The molecule has 1 aromatic heterocycles. The molecule has 0 saturated carbocycles. The summed E-state index contributed by atoms with van der Waals surface area (Å²) in [6, 6.07) is 9.68. The van der Waals surface area contributed by atoms with E-state index in [0.717, 1.165) is 31.1 Å². The van der Waals surface area contributed by atoms with Crippen molar-refractivity contribution in [1.82, 2.24) is 14.9 Å². The van der Waals surface area contributed by atoms with Gasteiger partial charge in [0.1, 0.15) is 23.3 Å². The summed E-state index contributed by atoms with van der Waals surface area (Å²) in [7, 11) is 0. The van der Waals surface area contributed by atoms with Gasteiger partial charge in [-0.05, 0) is 25.5 Å². The lowest BCUT2D eigenvalue weighted by molar-refractivity contribution is -0.0996. The number of rotatable bonds is 4. The van der Waals surface area contributed by atoms with Crippen LogP contribution < -0.4 is 4.74 Å². The highest BCUT2D eigenvalue weighted by atomic mass is 16.5. The second kappa shape index (κ2) is 5.87. The van der Waals surface area contributed by atoms with Crippen molar-refractivity contribution in [2.45, 2.75) is 31.6 Å². The quantitative estimate of drug-likeness (QED) is 0.900. The minimum absolute atomic E-state index is 0.187. The highest BCUT2D eigenvalue weighted by molar-refractivity contribution is 5.22. The van der Waals surface area contributed by atoms with Crippen LogP contribution in [0.5, 0.6) is 5.75 Å². The van der Waals surface area contributed by atoms with Crippen LogP contribution in [0.3, 0.4) is 0 Å². The van der Waals surface area contributed by atoms with Crippen LogP contribution in [0.25, 0.3) is 0 Å². The molecule has 1 aliphatic rings. The average molecular weight is 287 g/mol. The van der Waals surface area contributed by atoms with Gasteiger partial charge < -0.3 is 14.8 Å². The topological polar surface area (TPSA) is 61.4 Å². The van der Waals surface area contributed by atoms with Crippen molar-refractivity contribution in [3.05, 3.63) is 48.5 Å². The number of aromatic nitrogens is 2. The summed E-state index contributed by atoms with van der Waals surface area (Å²) in [6.45, 7) is 4.02. The Balaban J connectivity index is 1.62. The van der Waals surface area contributed by atoms with Crippen molar-refractivity contribution in [2.75, 3.05) is 13.1 Å². The number of β-amino-alcohol motifs (C(OH)–C–C–N with tert-alkyl or cyclic N) is 1. The minimum Gasteiger partial charge on any atom is -0.487 e. The Morgan fingerprint density at radius 1 is 1.43 bits per heavy atom. The van der Waals surface area contributed by atoms with Gasteiger partial charge >= 0.3 is 0 Å². The molecular formula is C16H21N3O2. The molecule has 0 bridgehead atoms. The van der Waals surface area contributed by atoms with Gasteiger partial charge in [0, 0.05) is 25.5 Å². The van der Waals surface area contributed by atoms with E-state index in [4.69, 9.17) is 4.74 Å². The molecule has 2 N–H and O–H groups in total. The lowest BCUT2D eigenvalue weighted by Crippen LogP contribution is -2.56. The third-order valence-electron chi connectivity index (χ3n) is 3.89. The number of hydrogen-bond acceptors (Lipinski definition) is 4. The largest absolute Gasteiger partial charge is 0.487 e. The van der Waals surface area contributed by atoms with Crippen LogP contribution in [-0.2, 0) is 6.54 Å². The number of aliphatic hydroxyl groups is 1. The molecule has 0 aliphatic carbocycles. The summed E-state index contributed by atoms with van der Waals surface area (Å²) in [4.78, 5) is 9.53. The van der Waals surface area contributed by atoms with E-state index < -0.39 is 5.60 Å². The summed E-state index contributed by atoms with van der Waals surface area (Å²) in [5.74, 6) is 1.73. The molecule has 5 heteroatoms. The number of likely N-dealkylation sites (tertiary alicyclic amines) is 1. The Bertz CT molecular complexity index is 554. The second-order valence-corrected chi connectivity index (χ2v) is 5.81. The Labute approximate surface area is 124 Å². The molecule has 21 heavy (non-hydrogen) atoms. The van der Waals surface area contributed by atoms with Crippen LogP contribution in [0.1, 0.15) is 19.2 Å². The van der Waals surface area contributed by atoms with Gasteiger partial charge in [-0.1, -0.05) is 18.2 Å². The average Bonchev–Trinajstić information content (AvgIpc) is 2.95. The lowest BCUT2D eigenvalue weighted by Gasteiger charge is -2.42. The van der Waals surface area contributed by atoms with E-state index in [9.17, 15) is 5.11 Å². The van der Waals surface area contributed by atoms with Gasteiger partial charge in [-0.15, -0.1) is 0 Å². The fraction of sp³-hybridized carbons (Fsp3) is 0.438. The van der Waals surface area contributed by atoms with Gasteiger partial charge in [0.05, 0.1) is 6.54 Å². The number of nitrogens with one attached hydrogen (secondary N) is 1. The zero-order chi connectivity index (χ0) is 14.7. The highest BCUT2D eigenvalue weighted by Crippen LogP contribution is 2.26. The highest BCUT2D eigenvalue weighted by Gasteiger charge is 2.39. The molecule has 1 fully saturated rings. The number of H-pyrrole nitrogens is 1. The maximum Gasteiger partial charge on any atom is 0.129 e. The predicted molar refractivity (Wildman–Crippen MR) is 80.0 cm³/mol. The molecule has 1 saturated heterocycles. The molecule has 0 unspecified atom stereocenters. The summed E-state index contributed by atoms with van der Waals surface area (Å²) in [5, 5.41) is 10.7. The maximum absolute atomic E-state index is 10.7. The van der Waals surface area contributed by atoms with Crippen LogP contribution in [0.2, 0.25) is 0 Å². The molecule has 3 rings (SSSR count). The first-order valence-corrected chi connectivity index (χ1v) is 7.28. The van der Waals surface area contributed by atoms with E-state index in [2.05, 4.69) is 14.9 Å². The van der Waals surface area contributed by atoms with E-state index in [0.29, 0.717) is 6.54 Å². The van der Waals surface area contributed by atoms with Crippen molar-refractivity contribution < 1.29 is 9.84 Å². The van der Waals surface area contributed by atoms with Crippen LogP contribution >= 0.6 is 0 Å². The van der Waals surface area contributed by atoms with Gasteiger partial charge in [-0.3, -0.25) is 4.90 Å². The van der Waals surface area contributed by atoms with Crippen molar-refractivity contribution in [3.63, 3.8) is 0 Å². The van der Waals surface area contributed by atoms with Gasteiger partial charge in [0.15, 0.2) is 0 Å². The normalized spacial score (nSPS) is 26.7. The van der Waals surface area contributed by atoms with E-state index in [-0.39, 0.29) is 6.10 Å². The monoisotopic (exact) mass is 287 g/mol.